The molecule has 1 atom stereocenters. The lowest BCUT2D eigenvalue weighted by Crippen LogP contribution is -2.48. The summed E-state index contributed by atoms with van der Waals surface area (Å²) in [5, 5.41) is 10.00. The van der Waals surface area contributed by atoms with Crippen molar-refractivity contribution in [3.63, 3.8) is 0 Å². The Morgan fingerprint density at radius 3 is 2.32 bits per heavy atom. The minimum absolute atomic E-state index is 0.0298. The molecular formula is C16H23NO2. The molecule has 0 bridgehead atoms. The lowest BCUT2D eigenvalue weighted by molar-refractivity contribution is 0.0393. The van der Waals surface area contributed by atoms with Crippen LogP contribution in [0.3, 0.4) is 0 Å². The number of rotatable bonds is 1. The fraction of sp³-hybridized carbons (Fsp3) is 0.562. The van der Waals surface area contributed by atoms with Gasteiger partial charge in [-0.1, -0.05) is 6.07 Å². The molecule has 1 aromatic rings. The van der Waals surface area contributed by atoms with Gasteiger partial charge in [0.25, 0.3) is 5.91 Å². The molecule has 1 aromatic carbocycles. The second kappa shape index (κ2) is 4.64. The van der Waals surface area contributed by atoms with E-state index >= 15 is 0 Å². The van der Waals surface area contributed by atoms with E-state index < -0.39 is 11.6 Å². The summed E-state index contributed by atoms with van der Waals surface area (Å²) < 4.78 is 0. The number of amides is 1. The number of carbonyl (C=O) groups excluding carboxylic acids is 1. The molecule has 1 aliphatic rings. The number of nitrogens with zero attached hydrogens (tertiary/aromatic N) is 1. The van der Waals surface area contributed by atoms with Crippen molar-refractivity contribution in [2.45, 2.75) is 52.7 Å². The maximum absolute atomic E-state index is 12.7. The summed E-state index contributed by atoms with van der Waals surface area (Å²) in [7, 11) is 0. The van der Waals surface area contributed by atoms with E-state index in [4.69, 9.17) is 0 Å². The zero-order valence-corrected chi connectivity index (χ0v) is 12.4. The maximum Gasteiger partial charge on any atom is 0.254 e. The van der Waals surface area contributed by atoms with E-state index in [1.54, 1.807) is 4.90 Å². The first kappa shape index (κ1) is 14.1. The number of hydrogen-bond donors (Lipinski definition) is 1. The molecule has 1 saturated heterocycles. The third-order valence-corrected chi connectivity index (χ3v) is 4.45. The molecular weight excluding hydrogens is 238 g/mol. The smallest absolute Gasteiger partial charge is 0.254 e. The van der Waals surface area contributed by atoms with Gasteiger partial charge in [-0.3, -0.25) is 4.79 Å². The second-order valence-electron chi connectivity index (χ2n) is 6.17. The molecule has 0 aromatic heterocycles. The lowest BCUT2D eigenvalue weighted by atomic mass is 9.96. The van der Waals surface area contributed by atoms with Crippen molar-refractivity contribution < 1.29 is 9.90 Å². The van der Waals surface area contributed by atoms with E-state index in [0.29, 0.717) is 13.0 Å². The molecule has 1 unspecified atom stereocenters. The highest BCUT2D eigenvalue weighted by molar-refractivity contribution is 5.96. The number of aliphatic hydroxyl groups is 1. The lowest BCUT2D eigenvalue weighted by Gasteiger charge is -2.34. The number of aliphatic hydroxyl groups excluding tert-OH is 1. The number of hydrogen-bond acceptors (Lipinski definition) is 2. The summed E-state index contributed by atoms with van der Waals surface area (Å²) in [5.41, 5.74) is 3.61. The highest BCUT2D eigenvalue weighted by Crippen LogP contribution is 2.31. The minimum Gasteiger partial charge on any atom is -0.391 e. The fourth-order valence-corrected chi connectivity index (χ4v) is 2.77. The summed E-state index contributed by atoms with van der Waals surface area (Å²) in [5.74, 6) is 0.0298. The second-order valence-corrected chi connectivity index (χ2v) is 6.17. The molecule has 1 aliphatic heterocycles. The Kier molecular flexibility index (Phi) is 3.43. The van der Waals surface area contributed by atoms with Crippen LogP contribution in [-0.2, 0) is 0 Å². The quantitative estimate of drug-likeness (QED) is 0.844. The van der Waals surface area contributed by atoms with Crippen LogP contribution in [-0.4, -0.2) is 34.1 Å². The first-order valence-electron chi connectivity index (χ1n) is 6.83. The Morgan fingerprint density at radius 1 is 1.21 bits per heavy atom. The number of benzene rings is 1. The van der Waals surface area contributed by atoms with Gasteiger partial charge >= 0.3 is 0 Å². The highest BCUT2D eigenvalue weighted by Gasteiger charge is 2.43. The topological polar surface area (TPSA) is 40.5 Å². The molecule has 1 N–H and O–H groups in total. The number of likely N-dealkylation sites (tertiary alicyclic amines) is 1. The number of aryl methyl sites for hydroxylation is 3. The van der Waals surface area contributed by atoms with E-state index in [1.807, 2.05) is 33.8 Å². The maximum atomic E-state index is 12.7. The van der Waals surface area contributed by atoms with Crippen LogP contribution in [0.5, 0.6) is 0 Å². The van der Waals surface area contributed by atoms with Gasteiger partial charge < -0.3 is 10.0 Å². The molecule has 3 nitrogen and oxygen atoms in total. The summed E-state index contributed by atoms with van der Waals surface area (Å²) in [6, 6.07) is 4.02. The normalized spacial score (nSPS) is 21.8. The average molecular weight is 261 g/mol. The Labute approximate surface area is 115 Å². The predicted molar refractivity (Wildman–Crippen MR) is 76.4 cm³/mol. The van der Waals surface area contributed by atoms with Gasteiger partial charge in [0, 0.05) is 12.1 Å². The highest BCUT2D eigenvalue weighted by atomic mass is 16.3. The summed E-state index contributed by atoms with van der Waals surface area (Å²) in [6.07, 6.45) is 0.214. The average Bonchev–Trinajstić information content (AvgIpc) is 2.58. The summed E-state index contributed by atoms with van der Waals surface area (Å²) >= 11 is 0. The molecule has 104 valence electrons. The van der Waals surface area contributed by atoms with Crippen LogP contribution in [0.2, 0.25) is 0 Å². The van der Waals surface area contributed by atoms with Gasteiger partial charge in [-0.05, 0) is 63.8 Å². The largest absolute Gasteiger partial charge is 0.391 e. The van der Waals surface area contributed by atoms with E-state index in [1.165, 1.54) is 5.56 Å². The first-order chi connectivity index (χ1) is 8.75. The van der Waals surface area contributed by atoms with Crippen LogP contribution >= 0.6 is 0 Å². The third kappa shape index (κ3) is 2.27. The van der Waals surface area contributed by atoms with Gasteiger partial charge in [-0.2, -0.15) is 0 Å². The molecule has 0 radical (unpaired) electrons. The van der Waals surface area contributed by atoms with Crippen LogP contribution in [0.15, 0.2) is 12.1 Å². The zero-order valence-electron chi connectivity index (χ0n) is 12.4. The van der Waals surface area contributed by atoms with Crippen LogP contribution in [0, 0.1) is 20.8 Å². The van der Waals surface area contributed by atoms with Crippen molar-refractivity contribution in [3.05, 3.63) is 34.4 Å². The Bertz CT molecular complexity index is 520. The van der Waals surface area contributed by atoms with Crippen molar-refractivity contribution >= 4 is 5.91 Å². The first-order valence-corrected chi connectivity index (χ1v) is 6.83. The van der Waals surface area contributed by atoms with Crippen LogP contribution in [0.1, 0.15) is 47.3 Å². The molecule has 1 fully saturated rings. The van der Waals surface area contributed by atoms with Gasteiger partial charge in [0.2, 0.25) is 0 Å². The monoisotopic (exact) mass is 261 g/mol. The molecule has 2 rings (SSSR count). The Balaban J connectivity index is 2.38. The van der Waals surface area contributed by atoms with E-state index in [2.05, 4.69) is 13.0 Å². The number of carbonyl (C=O) groups is 1. The van der Waals surface area contributed by atoms with Crippen LogP contribution in [0.25, 0.3) is 0 Å². The molecule has 0 aliphatic carbocycles. The Morgan fingerprint density at radius 2 is 1.79 bits per heavy atom. The summed E-state index contributed by atoms with van der Waals surface area (Å²) in [6.45, 7) is 10.5. The predicted octanol–water partition coefficient (Wildman–Crippen LogP) is 2.60. The molecule has 0 spiro atoms. The van der Waals surface area contributed by atoms with Crippen molar-refractivity contribution in [2.75, 3.05) is 6.54 Å². The van der Waals surface area contributed by atoms with Crippen molar-refractivity contribution in [1.29, 1.82) is 0 Å². The molecule has 19 heavy (non-hydrogen) atoms. The van der Waals surface area contributed by atoms with E-state index in [0.717, 1.165) is 16.7 Å². The van der Waals surface area contributed by atoms with Gasteiger partial charge in [0.1, 0.15) is 0 Å². The van der Waals surface area contributed by atoms with Gasteiger partial charge in [0.15, 0.2) is 0 Å². The van der Waals surface area contributed by atoms with E-state index in [9.17, 15) is 9.90 Å². The Hall–Kier alpha value is -1.35. The SMILES string of the molecule is Cc1cc(C)c(C(=O)N2CCC(O)C2(C)C)cc1C. The third-order valence-electron chi connectivity index (χ3n) is 4.45. The van der Waals surface area contributed by atoms with Crippen molar-refractivity contribution in [1.82, 2.24) is 4.90 Å². The zero-order chi connectivity index (χ0) is 14.4. The van der Waals surface area contributed by atoms with Gasteiger partial charge in [-0.15, -0.1) is 0 Å². The molecule has 3 heteroatoms. The fourth-order valence-electron chi connectivity index (χ4n) is 2.77. The van der Waals surface area contributed by atoms with Gasteiger partial charge in [0.05, 0.1) is 11.6 Å². The van der Waals surface area contributed by atoms with Crippen LogP contribution in [0.4, 0.5) is 0 Å². The van der Waals surface area contributed by atoms with Gasteiger partial charge in [-0.25, -0.2) is 0 Å². The van der Waals surface area contributed by atoms with Crippen molar-refractivity contribution in [2.24, 2.45) is 0 Å². The molecule has 0 saturated carbocycles. The standard InChI is InChI=1S/C16H23NO2/c1-10-8-12(3)13(9-11(10)2)15(19)17-7-6-14(18)16(17,4)5/h8-9,14,18H,6-7H2,1-5H3. The van der Waals surface area contributed by atoms with Crippen molar-refractivity contribution in [3.8, 4) is 0 Å². The minimum atomic E-state index is -0.484. The molecule has 1 amide bonds. The summed E-state index contributed by atoms with van der Waals surface area (Å²) in [4.78, 5) is 14.5. The van der Waals surface area contributed by atoms with Crippen LogP contribution < -0.4 is 0 Å². The van der Waals surface area contributed by atoms with E-state index in [-0.39, 0.29) is 5.91 Å². The molecule has 1 heterocycles.